The number of nitrogens with one attached hydrogen (secondary N) is 1. The fourth-order valence-electron chi connectivity index (χ4n) is 3.50. The van der Waals surface area contributed by atoms with Gasteiger partial charge in [0.2, 0.25) is 5.95 Å². The molecule has 2 aliphatic carbocycles. The molecule has 0 saturated heterocycles. The van der Waals surface area contributed by atoms with Crippen LogP contribution in [0.15, 0.2) is 0 Å². The lowest BCUT2D eigenvalue weighted by Gasteiger charge is -2.36. The molecule has 0 radical (unpaired) electrons. The zero-order valence-electron chi connectivity index (χ0n) is 10.2. The Kier molecular flexibility index (Phi) is 2.17. The van der Waals surface area contributed by atoms with Crippen LogP contribution in [0, 0.1) is 5.92 Å². The van der Waals surface area contributed by atoms with Gasteiger partial charge in [0, 0.05) is 12.5 Å². The molecular formula is C13H20N4. The SMILES string of the molecule is C1CC(c2nc3n(n2)C2CCCCC2CN3)C1. The maximum absolute atomic E-state index is 4.80. The normalized spacial score (nSPS) is 32.2. The van der Waals surface area contributed by atoms with Crippen LogP contribution in [-0.4, -0.2) is 21.3 Å². The minimum Gasteiger partial charge on any atom is -0.354 e. The van der Waals surface area contributed by atoms with Crippen molar-refractivity contribution in [1.29, 1.82) is 0 Å². The highest BCUT2D eigenvalue weighted by atomic mass is 15.4. The third-order valence-electron chi connectivity index (χ3n) is 4.82. The minimum atomic E-state index is 0.626. The van der Waals surface area contributed by atoms with Crippen molar-refractivity contribution in [1.82, 2.24) is 14.8 Å². The van der Waals surface area contributed by atoms with Crippen molar-refractivity contribution in [2.24, 2.45) is 5.92 Å². The number of hydrogen-bond donors (Lipinski definition) is 1. The molecule has 4 rings (SSSR count). The Morgan fingerprint density at radius 1 is 1.06 bits per heavy atom. The van der Waals surface area contributed by atoms with Crippen LogP contribution >= 0.6 is 0 Å². The summed E-state index contributed by atoms with van der Waals surface area (Å²) in [7, 11) is 0. The molecule has 4 nitrogen and oxygen atoms in total. The highest BCUT2D eigenvalue weighted by Gasteiger charge is 2.35. The maximum atomic E-state index is 4.80. The monoisotopic (exact) mass is 232 g/mol. The first-order valence-electron chi connectivity index (χ1n) is 7.12. The summed E-state index contributed by atoms with van der Waals surface area (Å²) in [6, 6.07) is 0.626. The number of aromatic nitrogens is 3. The molecule has 1 aliphatic heterocycles. The van der Waals surface area contributed by atoms with Crippen LogP contribution in [0.3, 0.4) is 0 Å². The van der Waals surface area contributed by atoms with Crippen molar-refractivity contribution in [3.05, 3.63) is 5.82 Å². The van der Waals surface area contributed by atoms with Gasteiger partial charge in [0.15, 0.2) is 5.82 Å². The van der Waals surface area contributed by atoms with Crippen LogP contribution in [0.1, 0.15) is 62.7 Å². The van der Waals surface area contributed by atoms with E-state index < -0.39 is 0 Å². The number of fused-ring (bicyclic) bond motifs is 3. The molecule has 2 unspecified atom stereocenters. The maximum Gasteiger partial charge on any atom is 0.221 e. The topological polar surface area (TPSA) is 42.7 Å². The molecule has 1 aromatic heterocycles. The summed E-state index contributed by atoms with van der Waals surface area (Å²) in [5.74, 6) is 3.57. The predicted molar refractivity (Wildman–Crippen MR) is 66.1 cm³/mol. The first kappa shape index (κ1) is 9.92. The fraction of sp³-hybridized carbons (Fsp3) is 0.846. The second kappa shape index (κ2) is 3.72. The number of nitrogens with zero attached hydrogens (tertiary/aromatic N) is 3. The second-order valence-electron chi connectivity index (χ2n) is 5.86. The van der Waals surface area contributed by atoms with Gasteiger partial charge in [0.05, 0.1) is 6.04 Å². The predicted octanol–water partition coefficient (Wildman–Crippen LogP) is 2.70. The molecule has 1 N–H and O–H groups in total. The van der Waals surface area contributed by atoms with E-state index in [9.17, 15) is 0 Å². The van der Waals surface area contributed by atoms with Crippen LogP contribution < -0.4 is 5.32 Å². The summed E-state index contributed by atoms with van der Waals surface area (Å²) >= 11 is 0. The van der Waals surface area contributed by atoms with Gasteiger partial charge in [-0.2, -0.15) is 10.1 Å². The summed E-state index contributed by atoms with van der Waals surface area (Å²) in [4.78, 5) is 4.70. The van der Waals surface area contributed by atoms with Crippen LogP contribution in [-0.2, 0) is 0 Å². The number of hydrogen-bond acceptors (Lipinski definition) is 3. The first-order valence-corrected chi connectivity index (χ1v) is 7.12. The Balaban J connectivity index is 1.67. The molecule has 17 heavy (non-hydrogen) atoms. The number of rotatable bonds is 1. The Labute approximate surface area is 102 Å². The standard InChI is InChI=1S/C13H20N4/c1-2-7-11-10(4-1)8-14-13-15-12(16-17(11)13)9-5-3-6-9/h9-11H,1-8H2,(H,14,15,16). The van der Waals surface area contributed by atoms with Gasteiger partial charge < -0.3 is 5.32 Å². The molecule has 2 saturated carbocycles. The van der Waals surface area contributed by atoms with E-state index in [4.69, 9.17) is 10.1 Å². The van der Waals surface area contributed by atoms with E-state index in [1.807, 2.05) is 0 Å². The molecule has 2 atom stereocenters. The number of anilines is 1. The summed E-state index contributed by atoms with van der Waals surface area (Å²) in [6.07, 6.45) is 9.34. The van der Waals surface area contributed by atoms with Crippen LogP contribution in [0.2, 0.25) is 0 Å². The molecule has 3 aliphatic rings. The molecule has 0 spiro atoms. The van der Waals surface area contributed by atoms with Gasteiger partial charge in [-0.15, -0.1) is 0 Å². The molecule has 0 amide bonds. The van der Waals surface area contributed by atoms with E-state index in [0.29, 0.717) is 12.0 Å². The Morgan fingerprint density at radius 3 is 2.76 bits per heavy atom. The highest BCUT2D eigenvalue weighted by Crippen LogP contribution is 2.40. The fourth-order valence-corrected chi connectivity index (χ4v) is 3.50. The van der Waals surface area contributed by atoms with E-state index in [0.717, 1.165) is 24.2 Å². The smallest absolute Gasteiger partial charge is 0.221 e. The molecule has 92 valence electrons. The zero-order chi connectivity index (χ0) is 11.2. The summed E-state index contributed by atoms with van der Waals surface area (Å²) in [6.45, 7) is 1.10. The van der Waals surface area contributed by atoms with Gasteiger partial charge in [0.25, 0.3) is 0 Å². The van der Waals surface area contributed by atoms with Gasteiger partial charge in [-0.05, 0) is 31.6 Å². The molecule has 1 aromatic rings. The summed E-state index contributed by atoms with van der Waals surface area (Å²) < 4.78 is 2.21. The van der Waals surface area contributed by atoms with Gasteiger partial charge in [0.1, 0.15) is 0 Å². The quantitative estimate of drug-likeness (QED) is 0.809. The zero-order valence-corrected chi connectivity index (χ0v) is 10.2. The third-order valence-corrected chi connectivity index (χ3v) is 4.82. The van der Waals surface area contributed by atoms with Crippen molar-refractivity contribution in [2.75, 3.05) is 11.9 Å². The van der Waals surface area contributed by atoms with E-state index in [2.05, 4.69) is 10.00 Å². The van der Waals surface area contributed by atoms with Gasteiger partial charge >= 0.3 is 0 Å². The Bertz CT molecular complexity index is 421. The molecule has 4 heteroatoms. The average molecular weight is 232 g/mol. The van der Waals surface area contributed by atoms with Gasteiger partial charge in [-0.25, -0.2) is 4.68 Å². The Morgan fingerprint density at radius 2 is 1.94 bits per heavy atom. The van der Waals surface area contributed by atoms with E-state index in [1.165, 1.54) is 44.9 Å². The molecule has 0 aromatic carbocycles. The van der Waals surface area contributed by atoms with E-state index in [-0.39, 0.29) is 0 Å². The Hall–Kier alpha value is -1.06. The summed E-state index contributed by atoms with van der Waals surface area (Å²) in [5.41, 5.74) is 0. The minimum absolute atomic E-state index is 0.626. The van der Waals surface area contributed by atoms with Crippen LogP contribution in [0.4, 0.5) is 5.95 Å². The second-order valence-corrected chi connectivity index (χ2v) is 5.86. The lowest BCUT2D eigenvalue weighted by Crippen LogP contribution is -2.35. The average Bonchev–Trinajstić information content (AvgIpc) is 2.70. The van der Waals surface area contributed by atoms with Gasteiger partial charge in [-0.3, -0.25) is 0 Å². The molecule has 2 fully saturated rings. The summed E-state index contributed by atoms with van der Waals surface area (Å²) in [5, 5.41) is 8.27. The van der Waals surface area contributed by atoms with Crippen molar-refractivity contribution >= 4 is 5.95 Å². The van der Waals surface area contributed by atoms with Crippen LogP contribution in [0.25, 0.3) is 0 Å². The van der Waals surface area contributed by atoms with Crippen molar-refractivity contribution < 1.29 is 0 Å². The van der Waals surface area contributed by atoms with Crippen molar-refractivity contribution in [2.45, 2.75) is 56.9 Å². The molecule has 2 heterocycles. The van der Waals surface area contributed by atoms with Crippen molar-refractivity contribution in [3.8, 4) is 0 Å². The largest absolute Gasteiger partial charge is 0.354 e. The highest BCUT2D eigenvalue weighted by molar-refractivity contribution is 5.30. The third kappa shape index (κ3) is 1.49. The lowest BCUT2D eigenvalue weighted by molar-refractivity contribution is 0.220. The lowest BCUT2D eigenvalue weighted by atomic mass is 9.84. The van der Waals surface area contributed by atoms with E-state index >= 15 is 0 Å². The van der Waals surface area contributed by atoms with E-state index in [1.54, 1.807) is 0 Å². The molecular weight excluding hydrogens is 212 g/mol. The first-order chi connectivity index (χ1) is 8.42. The van der Waals surface area contributed by atoms with Crippen LogP contribution in [0.5, 0.6) is 0 Å². The van der Waals surface area contributed by atoms with Crippen molar-refractivity contribution in [3.63, 3.8) is 0 Å². The molecule has 0 bridgehead atoms. The van der Waals surface area contributed by atoms with Gasteiger partial charge in [-0.1, -0.05) is 19.3 Å².